The molecule has 0 amide bonds. The summed E-state index contributed by atoms with van der Waals surface area (Å²) in [6.07, 6.45) is 0.753. The van der Waals surface area contributed by atoms with Gasteiger partial charge in [0.1, 0.15) is 11.4 Å². The Morgan fingerprint density at radius 2 is 2.00 bits per heavy atom. The lowest BCUT2D eigenvalue weighted by atomic mass is 9.96. The van der Waals surface area contributed by atoms with Crippen LogP contribution in [0.25, 0.3) is 0 Å². The Kier molecular flexibility index (Phi) is 4.73. The predicted octanol–water partition coefficient (Wildman–Crippen LogP) is 3.57. The fourth-order valence-corrected chi connectivity index (χ4v) is 2.57. The number of rotatable bonds is 5. The summed E-state index contributed by atoms with van der Waals surface area (Å²) in [6, 6.07) is 0. The summed E-state index contributed by atoms with van der Waals surface area (Å²) in [5.41, 5.74) is 1.30. The van der Waals surface area contributed by atoms with E-state index in [0.717, 1.165) is 6.42 Å². The van der Waals surface area contributed by atoms with E-state index in [2.05, 4.69) is 5.10 Å². The van der Waals surface area contributed by atoms with Crippen molar-refractivity contribution in [3.63, 3.8) is 0 Å². The summed E-state index contributed by atoms with van der Waals surface area (Å²) < 4.78 is 1.61. The number of halogens is 1. The van der Waals surface area contributed by atoms with Crippen molar-refractivity contribution in [3.8, 4) is 0 Å². The van der Waals surface area contributed by atoms with E-state index in [1.54, 1.807) is 11.7 Å². The van der Waals surface area contributed by atoms with Gasteiger partial charge in [0.2, 0.25) is 0 Å². The Balaban J connectivity index is 3.46. The molecular formula is C12H20ClN3O2. The van der Waals surface area contributed by atoms with Crippen LogP contribution in [0.3, 0.4) is 0 Å². The fourth-order valence-electron chi connectivity index (χ4n) is 2.27. The number of nitrogens with zero attached hydrogens (tertiary/aromatic N) is 3. The third kappa shape index (κ3) is 2.66. The third-order valence-electron chi connectivity index (χ3n) is 3.17. The van der Waals surface area contributed by atoms with Crippen molar-refractivity contribution in [1.82, 2.24) is 9.78 Å². The molecule has 0 spiro atoms. The van der Waals surface area contributed by atoms with Crippen molar-refractivity contribution in [2.45, 2.75) is 51.3 Å². The normalized spacial score (nSPS) is 14.8. The zero-order valence-electron chi connectivity index (χ0n) is 11.5. The summed E-state index contributed by atoms with van der Waals surface area (Å²) in [4.78, 5) is 11.0. The summed E-state index contributed by atoms with van der Waals surface area (Å²) in [5, 5.41) is 15.4. The van der Waals surface area contributed by atoms with E-state index >= 15 is 0 Å². The lowest BCUT2D eigenvalue weighted by molar-refractivity contribution is -0.386. The number of aromatic nitrogens is 2. The molecule has 102 valence electrons. The van der Waals surface area contributed by atoms with Crippen molar-refractivity contribution in [2.24, 2.45) is 7.05 Å². The molecule has 2 atom stereocenters. The van der Waals surface area contributed by atoms with Crippen LogP contribution >= 0.6 is 11.6 Å². The van der Waals surface area contributed by atoms with E-state index in [4.69, 9.17) is 11.6 Å². The maximum absolute atomic E-state index is 11.3. The molecule has 1 heterocycles. The SMILES string of the molecule is CCC(c1c([N+](=O)[O-])c(C(C)C)nn1C)C(C)Cl. The first-order valence-electron chi connectivity index (χ1n) is 6.16. The molecule has 0 aliphatic carbocycles. The molecule has 0 saturated heterocycles. The van der Waals surface area contributed by atoms with Crippen molar-refractivity contribution in [3.05, 3.63) is 21.5 Å². The van der Waals surface area contributed by atoms with E-state index in [9.17, 15) is 10.1 Å². The summed E-state index contributed by atoms with van der Waals surface area (Å²) in [7, 11) is 1.75. The molecule has 1 rings (SSSR count). The van der Waals surface area contributed by atoms with Gasteiger partial charge in [0.25, 0.3) is 0 Å². The topological polar surface area (TPSA) is 61.0 Å². The lowest BCUT2D eigenvalue weighted by Gasteiger charge is -2.16. The van der Waals surface area contributed by atoms with Gasteiger partial charge >= 0.3 is 5.69 Å². The van der Waals surface area contributed by atoms with Crippen molar-refractivity contribution in [1.29, 1.82) is 0 Å². The molecule has 2 unspecified atom stereocenters. The van der Waals surface area contributed by atoms with E-state index in [1.165, 1.54) is 0 Å². The molecule has 6 heteroatoms. The summed E-state index contributed by atoms with van der Waals surface area (Å²) >= 11 is 6.15. The first-order valence-corrected chi connectivity index (χ1v) is 6.60. The van der Waals surface area contributed by atoms with Crippen molar-refractivity contribution >= 4 is 17.3 Å². The van der Waals surface area contributed by atoms with Crippen LogP contribution in [0.1, 0.15) is 57.3 Å². The molecule has 1 aromatic heterocycles. The lowest BCUT2D eigenvalue weighted by Crippen LogP contribution is -2.14. The van der Waals surface area contributed by atoms with Gasteiger partial charge in [-0.2, -0.15) is 5.10 Å². The second-order valence-corrected chi connectivity index (χ2v) is 5.54. The zero-order chi connectivity index (χ0) is 14.0. The first-order chi connectivity index (χ1) is 8.31. The number of hydrogen-bond acceptors (Lipinski definition) is 3. The highest BCUT2D eigenvalue weighted by atomic mass is 35.5. The molecule has 0 aromatic carbocycles. The molecule has 0 fully saturated rings. The van der Waals surface area contributed by atoms with Crippen LogP contribution in [0.15, 0.2) is 0 Å². The van der Waals surface area contributed by atoms with E-state index in [-0.39, 0.29) is 27.8 Å². The van der Waals surface area contributed by atoms with Gasteiger partial charge in [-0.25, -0.2) is 0 Å². The molecule has 1 aromatic rings. The molecule has 0 bridgehead atoms. The van der Waals surface area contributed by atoms with E-state index < -0.39 is 0 Å². The standard InChI is InChI=1S/C12H20ClN3O2/c1-6-9(8(4)13)11-12(16(17)18)10(7(2)3)14-15(11)5/h7-9H,6H2,1-5H3. The van der Waals surface area contributed by atoms with Gasteiger partial charge in [0, 0.05) is 24.3 Å². The monoisotopic (exact) mass is 273 g/mol. The molecule has 18 heavy (non-hydrogen) atoms. The van der Waals surface area contributed by atoms with Crippen LogP contribution in [0.4, 0.5) is 5.69 Å². The van der Waals surface area contributed by atoms with Crippen molar-refractivity contribution < 1.29 is 4.92 Å². The highest BCUT2D eigenvalue weighted by Gasteiger charge is 2.33. The predicted molar refractivity (Wildman–Crippen MR) is 72.3 cm³/mol. The minimum absolute atomic E-state index is 0.0217. The molecule has 0 saturated carbocycles. The molecule has 5 nitrogen and oxygen atoms in total. The minimum Gasteiger partial charge on any atom is -0.265 e. The van der Waals surface area contributed by atoms with Gasteiger partial charge in [-0.1, -0.05) is 20.8 Å². The maximum atomic E-state index is 11.3. The van der Waals surface area contributed by atoms with Crippen LogP contribution in [0.5, 0.6) is 0 Å². The highest BCUT2D eigenvalue weighted by molar-refractivity contribution is 6.20. The van der Waals surface area contributed by atoms with Gasteiger partial charge < -0.3 is 0 Å². The van der Waals surface area contributed by atoms with Gasteiger partial charge in [0.15, 0.2) is 0 Å². The average Bonchev–Trinajstić information content (AvgIpc) is 2.57. The molecular weight excluding hydrogens is 254 g/mol. The van der Waals surface area contributed by atoms with Gasteiger partial charge in [-0.3, -0.25) is 14.8 Å². The third-order valence-corrected chi connectivity index (χ3v) is 3.47. The van der Waals surface area contributed by atoms with Gasteiger partial charge in [-0.05, 0) is 13.3 Å². The average molecular weight is 274 g/mol. The minimum atomic E-state index is -0.334. The largest absolute Gasteiger partial charge is 0.313 e. The second-order valence-electron chi connectivity index (χ2n) is 4.85. The number of aryl methyl sites for hydroxylation is 1. The molecule has 0 N–H and O–H groups in total. The van der Waals surface area contributed by atoms with Crippen molar-refractivity contribution in [2.75, 3.05) is 0 Å². The highest BCUT2D eigenvalue weighted by Crippen LogP contribution is 2.37. The van der Waals surface area contributed by atoms with E-state index in [1.807, 2.05) is 27.7 Å². The van der Waals surface area contributed by atoms with Crippen LogP contribution in [0.2, 0.25) is 0 Å². The Bertz CT molecular complexity index is 441. The van der Waals surface area contributed by atoms with E-state index in [0.29, 0.717) is 11.4 Å². The molecule has 0 aliphatic rings. The second kappa shape index (κ2) is 5.69. The maximum Gasteiger partial charge on any atom is 0.313 e. The van der Waals surface area contributed by atoms with Crippen LogP contribution in [0, 0.1) is 10.1 Å². The fraction of sp³-hybridized carbons (Fsp3) is 0.750. The molecule has 0 radical (unpaired) electrons. The first kappa shape index (κ1) is 15.0. The summed E-state index contributed by atoms with van der Waals surface area (Å²) in [5.74, 6) is -0.0365. The number of nitro groups is 1. The van der Waals surface area contributed by atoms with Crippen LogP contribution < -0.4 is 0 Å². The number of alkyl halides is 1. The zero-order valence-corrected chi connectivity index (χ0v) is 12.2. The number of hydrogen-bond donors (Lipinski definition) is 0. The molecule has 0 aliphatic heterocycles. The van der Waals surface area contributed by atoms with Gasteiger partial charge in [0.05, 0.1) is 4.92 Å². The Labute approximate surface area is 112 Å². The Hall–Kier alpha value is -1.10. The summed E-state index contributed by atoms with van der Waals surface area (Å²) in [6.45, 7) is 7.66. The quantitative estimate of drug-likeness (QED) is 0.468. The smallest absolute Gasteiger partial charge is 0.265 e. The van der Waals surface area contributed by atoms with Gasteiger partial charge in [-0.15, -0.1) is 11.6 Å². The van der Waals surface area contributed by atoms with Crippen LogP contribution in [-0.2, 0) is 7.05 Å². The Morgan fingerprint density at radius 1 is 1.44 bits per heavy atom. The van der Waals surface area contributed by atoms with Crippen LogP contribution in [-0.4, -0.2) is 20.1 Å². The Morgan fingerprint density at radius 3 is 2.33 bits per heavy atom.